The van der Waals surface area contributed by atoms with E-state index in [9.17, 15) is 9.67 Å². The van der Waals surface area contributed by atoms with E-state index in [4.69, 9.17) is 0 Å². The van der Waals surface area contributed by atoms with E-state index in [1.165, 1.54) is 0 Å². The van der Waals surface area contributed by atoms with Crippen LogP contribution in [0.15, 0.2) is 0 Å². The van der Waals surface area contributed by atoms with Crippen LogP contribution in [0, 0.1) is 5.92 Å². The molecule has 0 aromatic heterocycles. The molecule has 0 radical (unpaired) electrons. The Hall–Kier alpha value is 0.190. The van der Waals surface area contributed by atoms with Crippen molar-refractivity contribution < 1.29 is 9.67 Å². The second-order valence-corrected chi connectivity index (χ2v) is 10.5. The molecule has 0 bridgehead atoms. The first-order chi connectivity index (χ1) is 10.4. The van der Waals surface area contributed by atoms with Crippen molar-refractivity contribution in [1.29, 1.82) is 0 Å². The molecule has 0 aliphatic rings. The van der Waals surface area contributed by atoms with Gasteiger partial charge < -0.3 is 9.67 Å². The maximum atomic E-state index is 13.8. The van der Waals surface area contributed by atoms with Crippen molar-refractivity contribution in [1.82, 2.24) is 0 Å². The molecule has 0 spiro atoms. The highest BCUT2D eigenvalue weighted by atomic mass is 31.2. The molecule has 0 aliphatic carbocycles. The van der Waals surface area contributed by atoms with Gasteiger partial charge in [-0.1, -0.05) is 73.1 Å². The standard InChI is InChI=1S/C19H41O2P/c1-6-10-14-18(5)19(20,15-11-7-2)22(21,16-12-8-3)17-13-9-4/h18,20H,6-17H2,1-5H3. The van der Waals surface area contributed by atoms with Crippen LogP contribution < -0.4 is 0 Å². The molecule has 0 amide bonds. The quantitative estimate of drug-likeness (QED) is 0.361. The minimum absolute atomic E-state index is 0.151. The van der Waals surface area contributed by atoms with Gasteiger partial charge in [-0.15, -0.1) is 0 Å². The van der Waals surface area contributed by atoms with Crippen LogP contribution in [0.25, 0.3) is 0 Å². The number of unbranched alkanes of at least 4 members (excludes halogenated alkanes) is 4. The Labute approximate surface area is 139 Å². The third kappa shape index (κ3) is 6.36. The van der Waals surface area contributed by atoms with Gasteiger partial charge in [0.25, 0.3) is 0 Å². The molecular weight excluding hydrogens is 291 g/mol. The Morgan fingerprint density at radius 3 is 1.73 bits per heavy atom. The van der Waals surface area contributed by atoms with Gasteiger partial charge in [0, 0.05) is 12.3 Å². The molecule has 1 N–H and O–H groups in total. The molecule has 0 rings (SSSR count). The van der Waals surface area contributed by atoms with Crippen molar-refractivity contribution in [3.63, 3.8) is 0 Å². The van der Waals surface area contributed by atoms with E-state index in [0.717, 1.165) is 76.5 Å². The van der Waals surface area contributed by atoms with E-state index in [1.807, 2.05) is 0 Å². The Bertz CT molecular complexity index is 305. The zero-order valence-corrected chi connectivity index (χ0v) is 16.8. The van der Waals surface area contributed by atoms with E-state index >= 15 is 0 Å². The summed E-state index contributed by atoms with van der Waals surface area (Å²) in [5.41, 5.74) is 0. The third-order valence-electron chi connectivity index (χ3n) is 5.13. The first kappa shape index (κ1) is 22.2. The molecule has 0 fully saturated rings. The fraction of sp³-hybridized carbons (Fsp3) is 1.00. The SMILES string of the molecule is CCCCC(C)C(O)(CCCC)P(=O)(CCCC)CCCC. The number of hydrogen-bond acceptors (Lipinski definition) is 2. The second-order valence-electron chi connectivity index (χ2n) is 7.07. The fourth-order valence-corrected chi connectivity index (χ4v) is 7.51. The lowest BCUT2D eigenvalue weighted by molar-refractivity contribution is 0.0500. The van der Waals surface area contributed by atoms with E-state index in [-0.39, 0.29) is 5.92 Å². The van der Waals surface area contributed by atoms with Crippen LogP contribution in [-0.4, -0.2) is 22.8 Å². The zero-order chi connectivity index (χ0) is 17.1. The number of aliphatic hydroxyl groups is 1. The first-order valence-electron chi connectivity index (χ1n) is 9.72. The summed E-state index contributed by atoms with van der Waals surface area (Å²) in [6.07, 6.45) is 11.6. The van der Waals surface area contributed by atoms with Crippen molar-refractivity contribution in [2.45, 2.75) is 104 Å². The summed E-state index contributed by atoms with van der Waals surface area (Å²) in [6.45, 7) is 10.8. The van der Waals surface area contributed by atoms with Crippen molar-refractivity contribution in [2.24, 2.45) is 5.92 Å². The number of rotatable bonds is 14. The summed E-state index contributed by atoms with van der Waals surface area (Å²) in [7, 11) is -2.54. The molecule has 134 valence electrons. The summed E-state index contributed by atoms with van der Waals surface area (Å²) < 4.78 is 13.8. The van der Waals surface area contributed by atoms with Gasteiger partial charge in [0.05, 0.1) is 0 Å². The lowest BCUT2D eigenvalue weighted by Crippen LogP contribution is -2.38. The van der Waals surface area contributed by atoms with Gasteiger partial charge >= 0.3 is 0 Å². The molecule has 0 saturated heterocycles. The van der Waals surface area contributed by atoms with Crippen molar-refractivity contribution in [2.75, 3.05) is 12.3 Å². The predicted octanol–water partition coefficient (Wildman–Crippen LogP) is 6.65. The van der Waals surface area contributed by atoms with E-state index in [2.05, 4.69) is 34.6 Å². The van der Waals surface area contributed by atoms with Gasteiger partial charge in [-0.2, -0.15) is 0 Å². The predicted molar refractivity (Wildman–Crippen MR) is 100 cm³/mol. The lowest BCUT2D eigenvalue weighted by atomic mass is 9.93. The average molecular weight is 333 g/mol. The van der Waals surface area contributed by atoms with Gasteiger partial charge in [0.1, 0.15) is 12.5 Å². The molecule has 0 aliphatic heterocycles. The molecule has 0 aromatic carbocycles. The summed E-state index contributed by atoms with van der Waals surface area (Å²) in [4.78, 5) is 0. The monoisotopic (exact) mass is 332 g/mol. The minimum Gasteiger partial charge on any atom is -0.382 e. The largest absolute Gasteiger partial charge is 0.382 e. The van der Waals surface area contributed by atoms with Gasteiger partial charge in [-0.3, -0.25) is 0 Å². The average Bonchev–Trinajstić information content (AvgIpc) is 2.53. The first-order valence-corrected chi connectivity index (χ1v) is 11.8. The smallest absolute Gasteiger partial charge is 0.120 e. The molecule has 0 saturated carbocycles. The van der Waals surface area contributed by atoms with Crippen LogP contribution in [0.1, 0.15) is 98.8 Å². The number of hydrogen-bond donors (Lipinski definition) is 1. The summed E-state index contributed by atoms with van der Waals surface area (Å²) in [6, 6.07) is 0. The third-order valence-corrected chi connectivity index (χ3v) is 9.28. The van der Waals surface area contributed by atoms with Crippen LogP contribution >= 0.6 is 7.14 Å². The molecule has 2 nitrogen and oxygen atoms in total. The van der Waals surface area contributed by atoms with Crippen LogP contribution in [0.5, 0.6) is 0 Å². The summed E-state index contributed by atoms with van der Waals surface area (Å²) >= 11 is 0. The van der Waals surface area contributed by atoms with Crippen LogP contribution in [-0.2, 0) is 4.57 Å². The molecular formula is C19H41O2P. The molecule has 22 heavy (non-hydrogen) atoms. The lowest BCUT2D eigenvalue weighted by Gasteiger charge is -2.42. The molecule has 3 heteroatoms. The van der Waals surface area contributed by atoms with Gasteiger partial charge in [0.2, 0.25) is 0 Å². The van der Waals surface area contributed by atoms with Crippen molar-refractivity contribution >= 4 is 7.14 Å². The topological polar surface area (TPSA) is 37.3 Å². The van der Waals surface area contributed by atoms with Crippen LogP contribution in [0.2, 0.25) is 0 Å². The molecule has 2 atom stereocenters. The molecule has 0 heterocycles. The highest BCUT2D eigenvalue weighted by Crippen LogP contribution is 2.63. The van der Waals surface area contributed by atoms with Crippen molar-refractivity contribution in [3.8, 4) is 0 Å². The second kappa shape index (κ2) is 11.7. The maximum Gasteiger partial charge on any atom is 0.120 e. The van der Waals surface area contributed by atoms with Gasteiger partial charge in [0.15, 0.2) is 0 Å². The molecule has 2 unspecified atom stereocenters. The highest BCUT2D eigenvalue weighted by molar-refractivity contribution is 7.65. The summed E-state index contributed by atoms with van der Waals surface area (Å²) in [5, 5.41) is 10.6. The Kier molecular flexibility index (Phi) is 11.8. The Balaban J connectivity index is 5.36. The fourth-order valence-electron chi connectivity index (χ4n) is 3.36. The Morgan fingerprint density at radius 2 is 1.32 bits per heavy atom. The Morgan fingerprint density at radius 1 is 0.864 bits per heavy atom. The van der Waals surface area contributed by atoms with Crippen LogP contribution in [0.4, 0.5) is 0 Å². The molecule has 0 aromatic rings. The minimum atomic E-state index is -2.54. The normalized spacial score (nSPS) is 16.5. The summed E-state index contributed by atoms with van der Waals surface area (Å²) in [5.74, 6) is 0.151. The maximum absolute atomic E-state index is 13.8. The highest BCUT2D eigenvalue weighted by Gasteiger charge is 2.48. The van der Waals surface area contributed by atoms with E-state index < -0.39 is 12.5 Å². The van der Waals surface area contributed by atoms with E-state index in [0.29, 0.717) is 0 Å². The van der Waals surface area contributed by atoms with Gasteiger partial charge in [-0.25, -0.2) is 0 Å². The zero-order valence-electron chi connectivity index (χ0n) is 15.9. The van der Waals surface area contributed by atoms with E-state index in [1.54, 1.807) is 0 Å². The van der Waals surface area contributed by atoms with Gasteiger partial charge in [-0.05, 0) is 31.6 Å². The van der Waals surface area contributed by atoms with Crippen LogP contribution in [0.3, 0.4) is 0 Å². The van der Waals surface area contributed by atoms with Crippen molar-refractivity contribution in [3.05, 3.63) is 0 Å².